The Hall–Kier alpha value is -0.990. The monoisotopic (exact) mass is 457 g/mol. The molecule has 5 nitrogen and oxygen atoms in total. The lowest BCUT2D eigenvalue weighted by Crippen LogP contribution is -2.43. The molecule has 1 aromatic rings. The summed E-state index contributed by atoms with van der Waals surface area (Å²) in [5, 5.41) is 19.2. The summed E-state index contributed by atoms with van der Waals surface area (Å²) in [6.07, 6.45) is 7.98. The van der Waals surface area contributed by atoms with Gasteiger partial charge in [0.2, 0.25) is 5.91 Å². The molecule has 2 atom stereocenters. The third-order valence-electron chi connectivity index (χ3n) is 4.84. The number of nitrogens with zero attached hydrogens (tertiary/aromatic N) is 1. The summed E-state index contributed by atoms with van der Waals surface area (Å²) in [7, 11) is 3.48. The molecular formula is C21H31NO4S3. The molecule has 1 aliphatic rings. The molecule has 0 aliphatic carbocycles. The molecule has 2 rings (SSSR count). The highest BCUT2D eigenvalue weighted by Gasteiger charge is 2.42. The molecule has 1 amide bonds. The van der Waals surface area contributed by atoms with Crippen LogP contribution in [-0.2, 0) is 9.59 Å². The van der Waals surface area contributed by atoms with Gasteiger partial charge in [0, 0.05) is 29.2 Å². The Morgan fingerprint density at radius 2 is 1.79 bits per heavy atom. The van der Waals surface area contributed by atoms with Crippen LogP contribution in [-0.4, -0.2) is 50.3 Å². The Morgan fingerprint density at radius 3 is 2.52 bits per heavy atom. The minimum absolute atomic E-state index is 0.0951. The van der Waals surface area contributed by atoms with Crippen molar-refractivity contribution < 1.29 is 19.8 Å². The molecular weight excluding hydrogens is 426 g/mol. The minimum Gasteiger partial charge on any atom is -0.508 e. The van der Waals surface area contributed by atoms with E-state index in [0.29, 0.717) is 23.5 Å². The van der Waals surface area contributed by atoms with Gasteiger partial charge in [-0.25, -0.2) is 4.79 Å². The highest BCUT2D eigenvalue weighted by atomic mass is 33.1. The van der Waals surface area contributed by atoms with E-state index in [0.717, 1.165) is 5.75 Å². The van der Waals surface area contributed by atoms with Crippen molar-refractivity contribution in [3.63, 3.8) is 0 Å². The molecule has 1 saturated heterocycles. The average Bonchev–Trinajstić information content (AvgIpc) is 3.15. The van der Waals surface area contributed by atoms with Gasteiger partial charge in [0.15, 0.2) is 0 Å². The predicted molar refractivity (Wildman–Crippen MR) is 124 cm³/mol. The smallest absolute Gasteiger partial charge is 0.327 e. The van der Waals surface area contributed by atoms with E-state index < -0.39 is 17.4 Å². The van der Waals surface area contributed by atoms with E-state index in [4.69, 9.17) is 0 Å². The largest absolute Gasteiger partial charge is 0.508 e. The lowest BCUT2D eigenvalue weighted by molar-refractivity contribution is -0.149. The van der Waals surface area contributed by atoms with Gasteiger partial charge in [-0.2, -0.15) is 0 Å². The number of unbranched alkanes of at least 4 members (excludes halogenated alkanes) is 5. The maximum absolute atomic E-state index is 12.8. The zero-order valence-corrected chi connectivity index (χ0v) is 19.4. The van der Waals surface area contributed by atoms with Crippen molar-refractivity contribution in [1.82, 2.24) is 4.90 Å². The Balaban J connectivity index is 1.79. The van der Waals surface area contributed by atoms with Crippen LogP contribution in [0, 0.1) is 0 Å². The maximum Gasteiger partial charge on any atom is 0.327 e. The molecule has 0 saturated carbocycles. The Bertz CT molecular complexity index is 659. The van der Waals surface area contributed by atoms with Crippen molar-refractivity contribution in [1.29, 1.82) is 0 Å². The number of hydrogen-bond acceptors (Lipinski definition) is 6. The van der Waals surface area contributed by atoms with E-state index >= 15 is 0 Å². The van der Waals surface area contributed by atoms with E-state index in [1.165, 1.54) is 55.2 Å². The molecule has 1 unspecified atom stereocenters. The summed E-state index contributed by atoms with van der Waals surface area (Å²) >= 11 is 1.39. The number of amides is 1. The van der Waals surface area contributed by atoms with Gasteiger partial charge in [0.05, 0.1) is 0 Å². The molecule has 29 heavy (non-hydrogen) atoms. The fourth-order valence-electron chi connectivity index (χ4n) is 3.25. The molecule has 1 aromatic carbocycles. The third-order valence-corrected chi connectivity index (χ3v) is 8.64. The van der Waals surface area contributed by atoms with Crippen LogP contribution in [0.1, 0.15) is 62.8 Å². The quantitative estimate of drug-likeness (QED) is 0.297. The number of hydrogen-bond donors (Lipinski definition) is 2. The summed E-state index contributed by atoms with van der Waals surface area (Å²) in [4.78, 5) is 25.9. The van der Waals surface area contributed by atoms with E-state index in [-0.39, 0.29) is 11.7 Å². The molecule has 2 N–H and O–H groups in total. The molecule has 8 heteroatoms. The van der Waals surface area contributed by atoms with Crippen LogP contribution in [0.25, 0.3) is 0 Å². The number of phenolic OH excluding ortho intramolecular Hbond substituents is 1. The second-order valence-corrected chi connectivity index (χ2v) is 10.9. The van der Waals surface area contributed by atoms with Crippen molar-refractivity contribution in [3.05, 3.63) is 29.8 Å². The summed E-state index contributed by atoms with van der Waals surface area (Å²) in [6, 6.07) is 5.99. The van der Waals surface area contributed by atoms with E-state index in [1.54, 1.807) is 45.9 Å². The number of carboxylic acids is 1. The standard InChI is InChI=1S/C21H31NO4S3/c1-2-3-4-5-6-9-13-28-29-14-12-19(24)22-17(21(25)26)15-27-20(22)16-10-7-8-11-18(16)23/h7-8,10-11,17,20,23H,2-6,9,12-15H2,1H3,(H,25,26)/t17-,20?/m0/s1. The SMILES string of the molecule is CCCCCCCCSSCCC(=O)N1C(c2ccccc2O)SC[C@H]1C(=O)O. The van der Waals surface area contributed by atoms with Crippen LogP contribution in [0.15, 0.2) is 24.3 Å². The first-order chi connectivity index (χ1) is 14.1. The molecule has 0 spiro atoms. The van der Waals surface area contributed by atoms with Gasteiger partial charge in [0.1, 0.15) is 17.2 Å². The number of para-hydroxylation sites is 1. The number of aliphatic carboxylic acids is 1. The highest BCUT2D eigenvalue weighted by Crippen LogP contribution is 2.44. The van der Waals surface area contributed by atoms with E-state index in [2.05, 4.69) is 6.92 Å². The zero-order chi connectivity index (χ0) is 21.1. The van der Waals surface area contributed by atoms with Crippen molar-refractivity contribution >= 4 is 45.2 Å². The van der Waals surface area contributed by atoms with E-state index in [9.17, 15) is 19.8 Å². The van der Waals surface area contributed by atoms with Crippen LogP contribution in [0.5, 0.6) is 5.75 Å². The number of carboxylic acid groups (broad SMARTS) is 1. The first-order valence-corrected chi connectivity index (χ1v) is 13.8. The van der Waals surface area contributed by atoms with Gasteiger partial charge in [-0.15, -0.1) is 11.8 Å². The number of carbonyl (C=O) groups is 2. The predicted octanol–water partition coefficient (Wildman–Crippen LogP) is 5.55. The topological polar surface area (TPSA) is 77.8 Å². The molecule has 0 bridgehead atoms. The van der Waals surface area contributed by atoms with Crippen LogP contribution < -0.4 is 0 Å². The fraction of sp³-hybridized carbons (Fsp3) is 0.619. The van der Waals surface area contributed by atoms with Crippen LogP contribution >= 0.6 is 33.3 Å². The molecule has 1 aliphatic heterocycles. The number of thioether (sulfide) groups is 1. The number of aromatic hydroxyl groups is 1. The Labute approximate surface area is 185 Å². The number of phenols is 1. The molecule has 0 aromatic heterocycles. The van der Waals surface area contributed by atoms with Crippen LogP contribution in [0.2, 0.25) is 0 Å². The average molecular weight is 458 g/mol. The lowest BCUT2D eigenvalue weighted by atomic mass is 10.1. The number of carbonyl (C=O) groups excluding carboxylic acids is 1. The number of benzene rings is 1. The van der Waals surface area contributed by atoms with Gasteiger partial charge in [0.25, 0.3) is 0 Å². The van der Waals surface area contributed by atoms with Crippen molar-refractivity contribution in [2.45, 2.75) is 63.3 Å². The van der Waals surface area contributed by atoms with Gasteiger partial charge < -0.3 is 15.1 Å². The minimum atomic E-state index is -0.992. The maximum atomic E-state index is 12.8. The van der Waals surface area contributed by atoms with Crippen molar-refractivity contribution in [2.75, 3.05) is 17.3 Å². The van der Waals surface area contributed by atoms with Crippen molar-refractivity contribution in [2.24, 2.45) is 0 Å². The molecule has 162 valence electrons. The Kier molecular flexibility index (Phi) is 11.2. The lowest BCUT2D eigenvalue weighted by Gasteiger charge is -2.28. The fourth-order valence-corrected chi connectivity index (χ4v) is 6.85. The summed E-state index contributed by atoms with van der Waals surface area (Å²) < 4.78 is 0. The third kappa shape index (κ3) is 7.64. The van der Waals surface area contributed by atoms with E-state index in [1.807, 2.05) is 0 Å². The second-order valence-electron chi connectivity index (χ2n) is 7.06. The van der Waals surface area contributed by atoms with Crippen LogP contribution in [0.3, 0.4) is 0 Å². The normalized spacial score (nSPS) is 18.9. The summed E-state index contributed by atoms with van der Waals surface area (Å²) in [5.74, 6) is 1.03. The highest BCUT2D eigenvalue weighted by molar-refractivity contribution is 8.76. The first-order valence-electron chi connectivity index (χ1n) is 10.2. The Morgan fingerprint density at radius 1 is 1.10 bits per heavy atom. The van der Waals surface area contributed by atoms with Gasteiger partial charge >= 0.3 is 5.97 Å². The van der Waals surface area contributed by atoms with Gasteiger partial charge in [-0.3, -0.25) is 4.79 Å². The molecule has 1 heterocycles. The zero-order valence-electron chi connectivity index (χ0n) is 16.9. The van der Waals surface area contributed by atoms with Gasteiger partial charge in [-0.05, 0) is 12.5 Å². The summed E-state index contributed by atoms with van der Waals surface area (Å²) in [5.41, 5.74) is 0.597. The second kappa shape index (κ2) is 13.3. The number of rotatable bonds is 13. The van der Waals surface area contributed by atoms with Crippen LogP contribution in [0.4, 0.5) is 0 Å². The van der Waals surface area contributed by atoms with Gasteiger partial charge in [-0.1, -0.05) is 78.8 Å². The first kappa shape index (κ1) is 24.3. The molecule has 1 fully saturated rings. The molecule has 0 radical (unpaired) electrons. The summed E-state index contributed by atoms with van der Waals surface area (Å²) in [6.45, 7) is 2.22. The van der Waals surface area contributed by atoms with Crippen molar-refractivity contribution in [3.8, 4) is 5.75 Å².